The number of ketones is 1. The molecule has 0 amide bonds. The summed E-state index contributed by atoms with van der Waals surface area (Å²) in [5.41, 5.74) is 2.97. The van der Waals surface area contributed by atoms with Gasteiger partial charge in [-0.15, -0.1) is 11.3 Å². The lowest BCUT2D eigenvalue weighted by molar-refractivity contribution is -0.143. The van der Waals surface area contributed by atoms with Crippen molar-refractivity contribution in [2.75, 3.05) is 0 Å². The van der Waals surface area contributed by atoms with Crippen LogP contribution in [0.2, 0.25) is 0 Å². The summed E-state index contributed by atoms with van der Waals surface area (Å²) in [6, 6.07) is 3.95. The topological polar surface area (TPSA) is 55.4 Å². The minimum atomic E-state index is -0.345. The quantitative estimate of drug-likeness (QED) is 0.818. The molecule has 0 saturated heterocycles. The zero-order valence-electron chi connectivity index (χ0n) is 15.4. The molecule has 1 aromatic rings. The largest absolute Gasteiger partial charge is 0.460 e. The van der Waals surface area contributed by atoms with Crippen LogP contribution in [0.1, 0.15) is 58.3 Å². The predicted octanol–water partition coefficient (Wildman–Crippen LogP) is 4.30. The number of nitrogens with one attached hydrogen (secondary N) is 1. The first-order chi connectivity index (χ1) is 11.7. The van der Waals surface area contributed by atoms with Crippen molar-refractivity contribution in [2.45, 2.75) is 59.5 Å². The Balaban J connectivity index is 2.12. The summed E-state index contributed by atoms with van der Waals surface area (Å²) in [6.07, 6.45) is 1.11. The van der Waals surface area contributed by atoms with Crippen LogP contribution in [-0.2, 0) is 14.3 Å². The van der Waals surface area contributed by atoms with Crippen molar-refractivity contribution in [3.05, 3.63) is 44.9 Å². The maximum atomic E-state index is 13.0. The van der Waals surface area contributed by atoms with E-state index >= 15 is 0 Å². The number of carbonyl (C=O) groups excluding carboxylic acids is 2. The lowest BCUT2D eigenvalue weighted by atomic mass is 9.70. The van der Waals surface area contributed by atoms with Gasteiger partial charge in [-0.1, -0.05) is 19.9 Å². The molecule has 5 heteroatoms. The number of thiophene rings is 1. The Bertz CT molecular complexity index is 769. The molecule has 4 nitrogen and oxygen atoms in total. The van der Waals surface area contributed by atoms with Crippen LogP contribution in [-0.4, -0.2) is 17.9 Å². The summed E-state index contributed by atoms with van der Waals surface area (Å²) in [5, 5.41) is 5.32. The summed E-state index contributed by atoms with van der Waals surface area (Å²) in [4.78, 5) is 26.8. The molecule has 25 heavy (non-hydrogen) atoms. The summed E-state index contributed by atoms with van der Waals surface area (Å²) in [5.74, 6) is -0.548. The minimum Gasteiger partial charge on any atom is -0.460 e. The van der Waals surface area contributed by atoms with Crippen LogP contribution < -0.4 is 5.32 Å². The fourth-order valence-electron chi connectivity index (χ4n) is 3.72. The molecular weight excluding hydrogens is 334 g/mol. The van der Waals surface area contributed by atoms with Gasteiger partial charge in [0.1, 0.15) is 0 Å². The molecule has 1 N–H and O–H groups in total. The van der Waals surface area contributed by atoms with Crippen LogP contribution in [0.3, 0.4) is 0 Å². The van der Waals surface area contributed by atoms with Crippen molar-refractivity contribution < 1.29 is 14.3 Å². The number of esters is 1. The third-order valence-corrected chi connectivity index (χ3v) is 5.57. The Labute approximate surface area is 153 Å². The number of carbonyl (C=O) groups is 2. The van der Waals surface area contributed by atoms with Crippen molar-refractivity contribution in [2.24, 2.45) is 5.41 Å². The molecule has 1 aromatic heterocycles. The molecule has 0 aromatic carbocycles. The third-order valence-electron chi connectivity index (χ3n) is 4.63. The highest BCUT2D eigenvalue weighted by Gasteiger charge is 2.43. The van der Waals surface area contributed by atoms with Gasteiger partial charge < -0.3 is 10.1 Å². The monoisotopic (exact) mass is 359 g/mol. The highest BCUT2D eigenvalue weighted by atomic mass is 32.1. The van der Waals surface area contributed by atoms with Crippen molar-refractivity contribution in [1.82, 2.24) is 5.32 Å². The van der Waals surface area contributed by atoms with Gasteiger partial charge in [0.2, 0.25) is 0 Å². The fourth-order valence-corrected chi connectivity index (χ4v) is 4.57. The van der Waals surface area contributed by atoms with Crippen molar-refractivity contribution >= 4 is 23.1 Å². The van der Waals surface area contributed by atoms with Crippen LogP contribution in [0.4, 0.5) is 0 Å². The Morgan fingerprint density at radius 3 is 2.68 bits per heavy atom. The van der Waals surface area contributed by atoms with E-state index in [9.17, 15) is 9.59 Å². The van der Waals surface area contributed by atoms with Crippen LogP contribution in [0.15, 0.2) is 40.1 Å². The van der Waals surface area contributed by atoms with Crippen molar-refractivity contribution in [1.29, 1.82) is 0 Å². The van der Waals surface area contributed by atoms with Crippen LogP contribution in [0.25, 0.3) is 0 Å². The van der Waals surface area contributed by atoms with E-state index in [1.165, 1.54) is 0 Å². The van der Waals surface area contributed by atoms with E-state index in [0.29, 0.717) is 12.0 Å². The standard InChI is InChI=1S/C20H25NO3S/c1-11(2)24-19(23)16-12(3)21-13-9-20(4,5)10-14(22)17(13)18(16)15-7-6-8-25-15/h6-8,11,18,21H,9-10H2,1-5H3. The molecule has 0 saturated carbocycles. The average Bonchev–Trinajstić information content (AvgIpc) is 2.96. The van der Waals surface area contributed by atoms with Crippen LogP contribution in [0, 0.1) is 5.41 Å². The van der Waals surface area contributed by atoms with Gasteiger partial charge in [0.15, 0.2) is 5.78 Å². The molecule has 1 aliphatic carbocycles. The van der Waals surface area contributed by atoms with E-state index in [1.54, 1.807) is 11.3 Å². The summed E-state index contributed by atoms with van der Waals surface area (Å²) >= 11 is 1.57. The predicted molar refractivity (Wildman–Crippen MR) is 99.2 cm³/mol. The van der Waals surface area contributed by atoms with E-state index in [2.05, 4.69) is 19.2 Å². The first-order valence-corrected chi connectivity index (χ1v) is 9.56. The molecule has 0 fully saturated rings. The van der Waals surface area contributed by atoms with Crippen molar-refractivity contribution in [3.8, 4) is 0 Å². The van der Waals surface area contributed by atoms with Gasteiger partial charge in [-0.3, -0.25) is 4.79 Å². The Hall–Kier alpha value is -1.88. The Morgan fingerprint density at radius 2 is 2.08 bits per heavy atom. The number of Topliss-reactive ketones (excluding diaryl/α,β-unsaturated/α-hetero) is 1. The SMILES string of the molecule is CC1=C(C(=O)OC(C)C)C(c2cccs2)C2=C(CC(C)(C)CC2=O)N1. The average molecular weight is 359 g/mol. The molecular formula is C20H25NO3S. The smallest absolute Gasteiger partial charge is 0.337 e. The van der Waals surface area contributed by atoms with Crippen molar-refractivity contribution in [3.63, 3.8) is 0 Å². The number of hydrogen-bond acceptors (Lipinski definition) is 5. The van der Waals surface area contributed by atoms with Gasteiger partial charge in [0, 0.05) is 28.3 Å². The zero-order valence-corrected chi connectivity index (χ0v) is 16.3. The maximum absolute atomic E-state index is 13.0. The van der Waals surface area contributed by atoms with E-state index in [1.807, 2.05) is 38.3 Å². The number of rotatable bonds is 3. The highest BCUT2D eigenvalue weighted by Crippen LogP contribution is 2.47. The Kier molecular flexibility index (Phi) is 4.62. The molecule has 134 valence electrons. The van der Waals surface area contributed by atoms with E-state index < -0.39 is 0 Å². The molecule has 2 aliphatic rings. The van der Waals surface area contributed by atoms with Gasteiger partial charge in [-0.05, 0) is 44.1 Å². The second-order valence-corrected chi connectivity index (χ2v) is 8.88. The molecule has 3 rings (SSSR count). The van der Waals surface area contributed by atoms with Gasteiger partial charge in [-0.2, -0.15) is 0 Å². The molecule has 1 atom stereocenters. The van der Waals surface area contributed by atoms with E-state index in [4.69, 9.17) is 4.74 Å². The second kappa shape index (κ2) is 6.45. The van der Waals surface area contributed by atoms with Crippen LogP contribution >= 0.6 is 11.3 Å². The Morgan fingerprint density at radius 1 is 1.36 bits per heavy atom. The fraction of sp³-hybridized carbons (Fsp3) is 0.500. The molecule has 0 bridgehead atoms. The summed E-state index contributed by atoms with van der Waals surface area (Å²) in [6.45, 7) is 9.79. The van der Waals surface area contributed by atoms with E-state index in [0.717, 1.165) is 28.3 Å². The number of allylic oxidation sites excluding steroid dienone is 3. The maximum Gasteiger partial charge on any atom is 0.337 e. The van der Waals surface area contributed by atoms with Gasteiger partial charge in [-0.25, -0.2) is 4.79 Å². The van der Waals surface area contributed by atoms with Gasteiger partial charge in [0.25, 0.3) is 0 Å². The zero-order chi connectivity index (χ0) is 18.4. The lowest BCUT2D eigenvalue weighted by Crippen LogP contribution is -2.38. The normalized spacial score (nSPS) is 22.8. The van der Waals surface area contributed by atoms with Gasteiger partial charge in [0.05, 0.1) is 17.6 Å². The number of hydrogen-bond donors (Lipinski definition) is 1. The first kappa shape index (κ1) is 17.9. The van der Waals surface area contributed by atoms with Gasteiger partial charge >= 0.3 is 5.97 Å². The molecule has 0 radical (unpaired) electrons. The number of dihydropyridines is 1. The molecule has 1 aliphatic heterocycles. The third kappa shape index (κ3) is 3.43. The van der Waals surface area contributed by atoms with E-state index in [-0.39, 0.29) is 29.2 Å². The lowest BCUT2D eigenvalue weighted by Gasteiger charge is -2.39. The summed E-state index contributed by atoms with van der Waals surface area (Å²) in [7, 11) is 0. The summed E-state index contributed by atoms with van der Waals surface area (Å²) < 4.78 is 5.48. The molecule has 0 spiro atoms. The number of ether oxygens (including phenoxy) is 1. The second-order valence-electron chi connectivity index (χ2n) is 7.90. The highest BCUT2D eigenvalue weighted by molar-refractivity contribution is 7.10. The minimum absolute atomic E-state index is 0.0703. The first-order valence-electron chi connectivity index (χ1n) is 8.68. The molecule has 2 heterocycles. The van der Waals surface area contributed by atoms with Crippen LogP contribution in [0.5, 0.6) is 0 Å². The molecule has 1 unspecified atom stereocenters.